The highest BCUT2D eigenvalue weighted by Crippen LogP contribution is 2.23. The van der Waals surface area contributed by atoms with Crippen molar-refractivity contribution in [2.45, 2.75) is 32.9 Å². The van der Waals surface area contributed by atoms with Crippen LogP contribution in [0, 0.1) is 0 Å². The van der Waals surface area contributed by atoms with Gasteiger partial charge in [0.2, 0.25) is 0 Å². The Kier molecular flexibility index (Phi) is 3.99. The minimum absolute atomic E-state index is 0.401. The van der Waals surface area contributed by atoms with E-state index in [1.54, 1.807) is 6.20 Å². The normalized spacial score (nSPS) is 12.4. The van der Waals surface area contributed by atoms with Gasteiger partial charge < -0.3 is 9.84 Å². The van der Waals surface area contributed by atoms with Crippen LogP contribution in [0.15, 0.2) is 36.7 Å². The van der Waals surface area contributed by atoms with Crippen LogP contribution in [0.2, 0.25) is 0 Å². The molecular weight excluding hydrogens is 228 g/mol. The molecule has 0 saturated carbocycles. The molecule has 4 heteroatoms. The predicted octanol–water partition coefficient (Wildman–Crippen LogP) is 3.14. The molecule has 1 atom stereocenters. The van der Waals surface area contributed by atoms with E-state index in [4.69, 9.17) is 4.74 Å². The Morgan fingerprint density at radius 2 is 1.94 bits per heavy atom. The van der Waals surface area contributed by atoms with E-state index in [1.165, 1.54) is 0 Å². The summed E-state index contributed by atoms with van der Waals surface area (Å²) in [6.45, 7) is 4.80. The summed E-state index contributed by atoms with van der Waals surface area (Å²) in [6, 6.07) is 7.48. The van der Waals surface area contributed by atoms with Crippen molar-refractivity contribution in [3.63, 3.8) is 0 Å². The quantitative estimate of drug-likeness (QED) is 0.881. The number of nitrogens with zero attached hydrogens (tertiary/aromatic N) is 2. The van der Waals surface area contributed by atoms with Crippen LogP contribution >= 0.6 is 0 Å². The summed E-state index contributed by atoms with van der Waals surface area (Å²) in [5.41, 5.74) is 0.911. The van der Waals surface area contributed by atoms with Crippen molar-refractivity contribution in [2.75, 3.05) is 0 Å². The molecule has 1 N–H and O–H groups in total. The fraction of sp³-hybridized carbons (Fsp3) is 0.357. The minimum atomic E-state index is -0.401. The van der Waals surface area contributed by atoms with Crippen LogP contribution in [0.4, 0.5) is 0 Å². The molecule has 96 valence electrons. The zero-order valence-electron chi connectivity index (χ0n) is 10.7. The van der Waals surface area contributed by atoms with Crippen LogP contribution in [0.1, 0.15) is 31.9 Å². The Hall–Kier alpha value is -1.81. The first-order valence-electron chi connectivity index (χ1n) is 6.21. The van der Waals surface area contributed by atoms with E-state index in [9.17, 15) is 5.11 Å². The van der Waals surface area contributed by atoms with Crippen molar-refractivity contribution in [3.05, 3.63) is 42.2 Å². The van der Waals surface area contributed by atoms with Gasteiger partial charge in [0.05, 0.1) is 18.5 Å². The molecule has 1 aromatic carbocycles. The molecule has 0 aliphatic carbocycles. The van der Waals surface area contributed by atoms with Gasteiger partial charge in [-0.05, 0) is 31.0 Å². The van der Waals surface area contributed by atoms with Gasteiger partial charge in [-0.25, -0.2) is 0 Å². The Morgan fingerprint density at radius 1 is 1.22 bits per heavy atom. The van der Waals surface area contributed by atoms with Gasteiger partial charge in [-0.3, -0.25) is 4.68 Å². The molecule has 0 aliphatic heterocycles. The lowest BCUT2D eigenvalue weighted by Crippen LogP contribution is -1.94. The number of ether oxygens (including phenoxy) is 1. The molecule has 0 amide bonds. The molecular formula is C14H18N2O2. The Bertz CT molecular complexity index is 491. The maximum atomic E-state index is 9.69. The molecule has 18 heavy (non-hydrogen) atoms. The molecule has 1 aromatic heterocycles. The van der Waals surface area contributed by atoms with Crippen LogP contribution in [0.25, 0.3) is 0 Å². The summed E-state index contributed by atoms with van der Waals surface area (Å²) in [5, 5.41) is 13.8. The third-order valence-corrected chi connectivity index (χ3v) is 2.82. The first kappa shape index (κ1) is 12.6. The molecule has 1 heterocycles. The van der Waals surface area contributed by atoms with Gasteiger partial charge in [0, 0.05) is 6.54 Å². The molecule has 0 unspecified atom stereocenters. The van der Waals surface area contributed by atoms with E-state index in [0.717, 1.165) is 23.6 Å². The molecule has 0 saturated heterocycles. The van der Waals surface area contributed by atoms with Crippen molar-refractivity contribution in [1.82, 2.24) is 9.78 Å². The maximum Gasteiger partial charge on any atom is 0.165 e. The van der Waals surface area contributed by atoms with Crippen molar-refractivity contribution in [2.24, 2.45) is 0 Å². The van der Waals surface area contributed by atoms with E-state index >= 15 is 0 Å². The van der Waals surface area contributed by atoms with E-state index < -0.39 is 6.10 Å². The van der Waals surface area contributed by atoms with Crippen LogP contribution < -0.4 is 4.74 Å². The lowest BCUT2D eigenvalue weighted by Gasteiger charge is -2.09. The average molecular weight is 246 g/mol. The number of hydrogen-bond acceptors (Lipinski definition) is 3. The number of rotatable bonds is 5. The average Bonchev–Trinajstić information content (AvgIpc) is 2.86. The maximum absolute atomic E-state index is 9.69. The smallest absolute Gasteiger partial charge is 0.165 e. The summed E-state index contributed by atoms with van der Waals surface area (Å²) < 4.78 is 7.47. The zero-order chi connectivity index (χ0) is 13.0. The molecule has 2 aromatic rings. The SMILES string of the molecule is CC[C@@H](O)c1ccc(Oc2cnn(CC)c2)cc1. The third-order valence-electron chi connectivity index (χ3n) is 2.82. The van der Waals surface area contributed by atoms with Gasteiger partial charge in [-0.2, -0.15) is 5.10 Å². The molecule has 0 fully saturated rings. The summed E-state index contributed by atoms with van der Waals surface area (Å²) in [6.07, 6.45) is 3.86. The minimum Gasteiger partial charge on any atom is -0.454 e. The second kappa shape index (κ2) is 5.69. The van der Waals surface area contributed by atoms with Gasteiger partial charge in [0.25, 0.3) is 0 Å². The fourth-order valence-corrected chi connectivity index (χ4v) is 1.70. The van der Waals surface area contributed by atoms with E-state index in [1.807, 2.05) is 49.0 Å². The van der Waals surface area contributed by atoms with Gasteiger partial charge >= 0.3 is 0 Å². The molecule has 2 rings (SSSR count). The number of aliphatic hydroxyl groups excluding tert-OH is 1. The number of aryl methyl sites for hydroxylation is 1. The lowest BCUT2D eigenvalue weighted by molar-refractivity contribution is 0.173. The Balaban J connectivity index is 2.06. The standard InChI is InChI=1S/C14H18N2O2/c1-3-14(17)11-5-7-12(8-6-11)18-13-9-15-16(4-2)10-13/h5-10,14,17H,3-4H2,1-2H3/t14-/m1/s1. The van der Waals surface area contributed by atoms with Crippen LogP contribution in [-0.2, 0) is 6.54 Å². The van der Waals surface area contributed by atoms with Crippen molar-refractivity contribution < 1.29 is 9.84 Å². The molecule has 0 aliphatic rings. The molecule has 0 bridgehead atoms. The number of aliphatic hydroxyl groups is 1. The van der Waals surface area contributed by atoms with Gasteiger partial charge in [0.15, 0.2) is 5.75 Å². The first-order chi connectivity index (χ1) is 8.72. The van der Waals surface area contributed by atoms with Gasteiger partial charge in [-0.1, -0.05) is 19.1 Å². The van der Waals surface area contributed by atoms with Crippen molar-refractivity contribution in [3.8, 4) is 11.5 Å². The topological polar surface area (TPSA) is 47.3 Å². The molecule has 0 spiro atoms. The summed E-state index contributed by atoms with van der Waals surface area (Å²) in [5.74, 6) is 1.47. The zero-order valence-corrected chi connectivity index (χ0v) is 10.7. The van der Waals surface area contributed by atoms with E-state index in [2.05, 4.69) is 5.10 Å². The summed E-state index contributed by atoms with van der Waals surface area (Å²) in [4.78, 5) is 0. The highest BCUT2D eigenvalue weighted by atomic mass is 16.5. The van der Waals surface area contributed by atoms with Crippen LogP contribution in [0.3, 0.4) is 0 Å². The van der Waals surface area contributed by atoms with Gasteiger partial charge in [0.1, 0.15) is 5.75 Å². The largest absolute Gasteiger partial charge is 0.454 e. The summed E-state index contributed by atoms with van der Waals surface area (Å²) >= 11 is 0. The third kappa shape index (κ3) is 2.90. The first-order valence-corrected chi connectivity index (χ1v) is 6.21. The van der Waals surface area contributed by atoms with Gasteiger partial charge in [-0.15, -0.1) is 0 Å². The van der Waals surface area contributed by atoms with Crippen LogP contribution in [0.5, 0.6) is 11.5 Å². The summed E-state index contributed by atoms with van der Waals surface area (Å²) in [7, 11) is 0. The highest BCUT2D eigenvalue weighted by molar-refractivity contribution is 5.32. The fourth-order valence-electron chi connectivity index (χ4n) is 1.70. The number of hydrogen-bond donors (Lipinski definition) is 1. The highest BCUT2D eigenvalue weighted by Gasteiger charge is 2.05. The number of aromatic nitrogens is 2. The second-order valence-electron chi connectivity index (χ2n) is 4.13. The number of benzene rings is 1. The predicted molar refractivity (Wildman–Crippen MR) is 69.7 cm³/mol. The van der Waals surface area contributed by atoms with Crippen LogP contribution in [-0.4, -0.2) is 14.9 Å². The van der Waals surface area contributed by atoms with E-state index in [0.29, 0.717) is 6.42 Å². The Labute approximate surface area is 107 Å². The van der Waals surface area contributed by atoms with E-state index in [-0.39, 0.29) is 0 Å². The molecule has 0 radical (unpaired) electrons. The monoisotopic (exact) mass is 246 g/mol. The Morgan fingerprint density at radius 3 is 2.50 bits per heavy atom. The lowest BCUT2D eigenvalue weighted by atomic mass is 10.1. The second-order valence-corrected chi connectivity index (χ2v) is 4.13. The molecule has 4 nitrogen and oxygen atoms in total. The van der Waals surface area contributed by atoms with Crippen molar-refractivity contribution >= 4 is 0 Å². The van der Waals surface area contributed by atoms with Crippen molar-refractivity contribution in [1.29, 1.82) is 0 Å².